The zero-order chi connectivity index (χ0) is 11.3. The largest absolute Gasteiger partial charge is 0.394 e. The Kier molecular flexibility index (Phi) is 5.07. The highest BCUT2D eigenvalue weighted by atomic mass is 16.3. The van der Waals surface area contributed by atoms with Gasteiger partial charge in [-0.15, -0.1) is 0 Å². The maximum Gasteiger partial charge on any atom is 0.0610 e. The normalized spacial score (nSPS) is 22.2. The Hall–Kier alpha value is -0.0800. The molecule has 0 radical (unpaired) electrons. The van der Waals surface area contributed by atoms with Crippen LogP contribution in [0.3, 0.4) is 0 Å². The fraction of sp³-hybridized carbons (Fsp3) is 1.00. The van der Waals surface area contributed by atoms with Gasteiger partial charge in [-0.05, 0) is 38.5 Å². The third-order valence-electron chi connectivity index (χ3n) is 3.53. The minimum atomic E-state index is -0.0563. The van der Waals surface area contributed by atoms with Crippen LogP contribution in [0.2, 0.25) is 0 Å². The van der Waals surface area contributed by atoms with Gasteiger partial charge in [0.25, 0.3) is 0 Å². The molecule has 2 heteroatoms. The summed E-state index contributed by atoms with van der Waals surface area (Å²) in [5.74, 6) is 0.723. The van der Waals surface area contributed by atoms with Crippen molar-refractivity contribution in [2.45, 2.75) is 70.9 Å². The number of hydrogen-bond donors (Lipinski definition) is 2. The minimum absolute atomic E-state index is 0.0563. The van der Waals surface area contributed by atoms with E-state index in [1.54, 1.807) is 0 Å². The number of nitrogens with one attached hydrogen (secondary N) is 1. The van der Waals surface area contributed by atoms with Crippen molar-refractivity contribution < 1.29 is 5.11 Å². The molecule has 0 heterocycles. The van der Waals surface area contributed by atoms with Crippen LogP contribution >= 0.6 is 0 Å². The van der Waals surface area contributed by atoms with Gasteiger partial charge >= 0.3 is 0 Å². The molecule has 1 unspecified atom stereocenters. The van der Waals surface area contributed by atoms with E-state index in [4.69, 9.17) is 0 Å². The van der Waals surface area contributed by atoms with Crippen LogP contribution in [0.1, 0.15) is 59.3 Å². The molecule has 0 aromatic heterocycles. The molecule has 1 aliphatic carbocycles. The number of hydrogen-bond acceptors (Lipinski definition) is 2. The van der Waals surface area contributed by atoms with Gasteiger partial charge in [-0.3, -0.25) is 0 Å². The van der Waals surface area contributed by atoms with Crippen LogP contribution < -0.4 is 5.32 Å². The zero-order valence-electron chi connectivity index (χ0n) is 10.6. The van der Waals surface area contributed by atoms with Gasteiger partial charge in [-0.1, -0.05) is 26.7 Å². The molecule has 1 atom stereocenters. The summed E-state index contributed by atoms with van der Waals surface area (Å²) in [7, 11) is 0. The summed E-state index contributed by atoms with van der Waals surface area (Å²) < 4.78 is 0. The molecule has 0 bridgehead atoms. The first kappa shape index (κ1) is 13.0. The van der Waals surface area contributed by atoms with Crippen molar-refractivity contribution in [3.63, 3.8) is 0 Å². The molecule has 0 saturated heterocycles. The van der Waals surface area contributed by atoms with Crippen molar-refractivity contribution >= 4 is 0 Å². The smallest absolute Gasteiger partial charge is 0.0610 e. The van der Waals surface area contributed by atoms with Crippen LogP contribution in [-0.4, -0.2) is 23.3 Å². The van der Waals surface area contributed by atoms with Crippen LogP contribution in [-0.2, 0) is 0 Å². The molecular formula is C13H27NO. The quantitative estimate of drug-likeness (QED) is 0.711. The van der Waals surface area contributed by atoms with Gasteiger partial charge in [0.15, 0.2) is 0 Å². The Morgan fingerprint density at radius 3 is 2.40 bits per heavy atom. The van der Waals surface area contributed by atoms with Crippen molar-refractivity contribution in [2.24, 2.45) is 5.92 Å². The van der Waals surface area contributed by atoms with Gasteiger partial charge in [0, 0.05) is 11.6 Å². The van der Waals surface area contributed by atoms with E-state index in [0.717, 1.165) is 12.3 Å². The fourth-order valence-electron chi connectivity index (χ4n) is 2.37. The maximum absolute atomic E-state index is 9.50. The summed E-state index contributed by atoms with van der Waals surface area (Å²) in [4.78, 5) is 0. The third kappa shape index (κ3) is 4.52. The standard InChI is InChI=1S/C13H27NO/c1-11(2)8-9-13(3,10-15)14-12-6-4-5-7-12/h11-12,14-15H,4-10H2,1-3H3. The molecule has 15 heavy (non-hydrogen) atoms. The molecule has 0 aromatic rings. The lowest BCUT2D eigenvalue weighted by Gasteiger charge is -2.33. The fourth-order valence-corrected chi connectivity index (χ4v) is 2.37. The van der Waals surface area contributed by atoms with E-state index in [-0.39, 0.29) is 12.1 Å². The predicted octanol–water partition coefficient (Wildman–Crippen LogP) is 2.71. The van der Waals surface area contributed by atoms with Crippen LogP contribution in [0.25, 0.3) is 0 Å². The molecule has 1 rings (SSSR count). The van der Waals surface area contributed by atoms with E-state index in [0.29, 0.717) is 6.04 Å². The highest BCUT2D eigenvalue weighted by Gasteiger charge is 2.27. The van der Waals surface area contributed by atoms with Gasteiger partial charge < -0.3 is 10.4 Å². The predicted molar refractivity (Wildman–Crippen MR) is 65.0 cm³/mol. The van der Waals surface area contributed by atoms with E-state index in [9.17, 15) is 5.11 Å². The first-order valence-corrected chi connectivity index (χ1v) is 6.44. The number of aliphatic hydroxyl groups is 1. The number of aliphatic hydroxyl groups excluding tert-OH is 1. The lowest BCUT2D eigenvalue weighted by atomic mass is 9.91. The average molecular weight is 213 g/mol. The summed E-state index contributed by atoms with van der Waals surface area (Å²) in [6.07, 6.45) is 7.55. The van der Waals surface area contributed by atoms with E-state index in [1.165, 1.54) is 32.1 Å². The molecule has 0 aliphatic heterocycles. The average Bonchev–Trinajstić information content (AvgIpc) is 2.67. The van der Waals surface area contributed by atoms with Crippen molar-refractivity contribution in [2.75, 3.05) is 6.61 Å². The lowest BCUT2D eigenvalue weighted by Crippen LogP contribution is -2.50. The topological polar surface area (TPSA) is 32.3 Å². The van der Waals surface area contributed by atoms with Crippen LogP contribution in [0.5, 0.6) is 0 Å². The van der Waals surface area contributed by atoms with Crippen molar-refractivity contribution in [3.05, 3.63) is 0 Å². The first-order valence-electron chi connectivity index (χ1n) is 6.44. The monoisotopic (exact) mass is 213 g/mol. The van der Waals surface area contributed by atoms with Gasteiger partial charge in [-0.25, -0.2) is 0 Å². The molecule has 0 amide bonds. The Balaban J connectivity index is 2.36. The Morgan fingerprint density at radius 2 is 1.93 bits per heavy atom. The van der Waals surface area contributed by atoms with E-state index in [1.807, 2.05) is 0 Å². The number of rotatable bonds is 6. The molecule has 1 saturated carbocycles. The second-order valence-corrected chi connectivity index (χ2v) is 5.78. The van der Waals surface area contributed by atoms with Crippen molar-refractivity contribution in [1.29, 1.82) is 0 Å². The summed E-state index contributed by atoms with van der Waals surface area (Å²) in [5, 5.41) is 13.1. The second-order valence-electron chi connectivity index (χ2n) is 5.78. The third-order valence-corrected chi connectivity index (χ3v) is 3.53. The van der Waals surface area contributed by atoms with Crippen LogP contribution in [0.4, 0.5) is 0 Å². The van der Waals surface area contributed by atoms with Gasteiger partial charge in [0.2, 0.25) is 0 Å². The SMILES string of the molecule is CC(C)CCC(C)(CO)NC1CCCC1. The Labute approximate surface area is 94.5 Å². The van der Waals surface area contributed by atoms with E-state index >= 15 is 0 Å². The molecule has 90 valence electrons. The van der Waals surface area contributed by atoms with E-state index in [2.05, 4.69) is 26.1 Å². The molecule has 1 fully saturated rings. The van der Waals surface area contributed by atoms with Crippen molar-refractivity contribution in [1.82, 2.24) is 5.32 Å². The highest BCUT2D eigenvalue weighted by Crippen LogP contribution is 2.23. The summed E-state index contributed by atoms with van der Waals surface area (Å²) >= 11 is 0. The van der Waals surface area contributed by atoms with Gasteiger partial charge in [0.1, 0.15) is 0 Å². The second kappa shape index (κ2) is 5.86. The maximum atomic E-state index is 9.50. The Morgan fingerprint density at radius 1 is 1.33 bits per heavy atom. The molecule has 2 nitrogen and oxygen atoms in total. The molecular weight excluding hydrogens is 186 g/mol. The molecule has 1 aliphatic rings. The van der Waals surface area contributed by atoms with Gasteiger partial charge in [0.05, 0.1) is 6.61 Å². The van der Waals surface area contributed by atoms with Crippen LogP contribution in [0.15, 0.2) is 0 Å². The van der Waals surface area contributed by atoms with Crippen molar-refractivity contribution in [3.8, 4) is 0 Å². The highest BCUT2D eigenvalue weighted by molar-refractivity contribution is 4.88. The minimum Gasteiger partial charge on any atom is -0.394 e. The van der Waals surface area contributed by atoms with Crippen LogP contribution in [0, 0.1) is 5.92 Å². The van der Waals surface area contributed by atoms with E-state index < -0.39 is 0 Å². The summed E-state index contributed by atoms with van der Waals surface area (Å²) in [5.41, 5.74) is -0.0563. The lowest BCUT2D eigenvalue weighted by molar-refractivity contribution is 0.146. The zero-order valence-corrected chi connectivity index (χ0v) is 10.6. The summed E-state index contributed by atoms with van der Waals surface area (Å²) in [6, 6.07) is 0.648. The molecule has 2 N–H and O–H groups in total. The molecule has 0 spiro atoms. The van der Waals surface area contributed by atoms with Gasteiger partial charge in [-0.2, -0.15) is 0 Å². The first-order chi connectivity index (χ1) is 7.06. The summed E-state index contributed by atoms with van der Waals surface area (Å²) in [6.45, 7) is 6.91. The molecule has 0 aromatic carbocycles. The Bertz CT molecular complexity index is 175.